The fourth-order valence-corrected chi connectivity index (χ4v) is 7.14. The predicted octanol–water partition coefficient (Wildman–Crippen LogP) is 16.0. The topological polar surface area (TPSA) is 78.9 Å². The molecule has 57 heavy (non-hydrogen) atoms. The fourth-order valence-electron chi connectivity index (χ4n) is 7.14. The lowest BCUT2D eigenvalue weighted by Gasteiger charge is -2.18. The van der Waals surface area contributed by atoms with E-state index in [0.717, 1.165) is 64.2 Å². The molecule has 0 saturated carbocycles. The summed E-state index contributed by atoms with van der Waals surface area (Å²) in [7, 11) is 0. The first-order valence-corrected chi connectivity index (χ1v) is 24.8. The number of carbonyl (C=O) groups excluding carboxylic acids is 3. The van der Waals surface area contributed by atoms with Gasteiger partial charge in [0.25, 0.3) is 0 Å². The standard InChI is InChI=1S/C51H94O6/c1-4-7-10-13-16-19-22-24-25-27-30-32-35-38-41-44-50(53)56-47-48(57-51(54)45-42-39-36-33-28-21-18-15-12-9-6-3)46-55-49(52)43-40-37-34-31-29-26-23-20-17-14-11-8-5-2/h19-20,22-23,48H,4-18,21,24-47H2,1-3H3/b22-19-,23-20-/t48-/m0/s1. The van der Waals surface area contributed by atoms with Gasteiger partial charge in [0.1, 0.15) is 13.2 Å². The minimum atomic E-state index is -0.770. The molecule has 0 aromatic carbocycles. The van der Waals surface area contributed by atoms with Gasteiger partial charge in [-0.3, -0.25) is 14.4 Å². The Bertz CT molecular complexity index is 927. The molecular formula is C51H94O6. The average Bonchev–Trinajstić information content (AvgIpc) is 3.21. The predicted molar refractivity (Wildman–Crippen MR) is 243 cm³/mol. The first-order chi connectivity index (χ1) is 28.0. The lowest BCUT2D eigenvalue weighted by Crippen LogP contribution is -2.30. The molecule has 6 heteroatoms. The molecule has 0 radical (unpaired) electrons. The molecule has 6 nitrogen and oxygen atoms in total. The lowest BCUT2D eigenvalue weighted by molar-refractivity contribution is -0.167. The van der Waals surface area contributed by atoms with Crippen molar-refractivity contribution in [3.63, 3.8) is 0 Å². The van der Waals surface area contributed by atoms with E-state index in [1.54, 1.807) is 0 Å². The van der Waals surface area contributed by atoms with Crippen LogP contribution in [-0.2, 0) is 28.6 Å². The van der Waals surface area contributed by atoms with E-state index in [-0.39, 0.29) is 31.1 Å². The molecule has 0 unspecified atom stereocenters. The monoisotopic (exact) mass is 803 g/mol. The Morgan fingerprint density at radius 2 is 0.579 bits per heavy atom. The number of unbranched alkanes of at least 4 members (excludes halogenated alkanes) is 30. The highest BCUT2D eigenvalue weighted by Gasteiger charge is 2.19. The molecule has 0 heterocycles. The van der Waals surface area contributed by atoms with Crippen molar-refractivity contribution >= 4 is 17.9 Å². The van der Waals surface area contributed by atoms with Crippen LogP contribution in [0, 0.1) is 0 Å². The Kier molecular flexibility index (Phi) is 44.9. The van der Waals surface area contributed by atoms with Crippen molar-refractivity contribution in [1.82, 2.24) is 0 Å². The second-order valence-electron chi connectivity index (χ2n) is 16.7. The Hall–Kier alpha value is -2.11. The van der Waals surface area contributed by atoms with Gasteiger partial charge < -0.3 is 14.2 Å². The van der Waals surface area contributed by atoms with Gasteiger partial charge in [-0.1, -0.05) is 199 Å². The number of rotatable bonds is 45. The average molecular weight is 803 g/mol. The molecule has 0 fully saturated rings. The van der Waals surface area contributed by atoms with Gasteiger partial charge in [-0.15, -0.1) is 0 Å². The van der Waals surface area contributed by atoms with Gasteiger partial charge >= 0.3 is 17.9 Å². The van der Waals surface area contributed by atoms with E-state index in [2.05, 4.69) is 45.1 Å². The Morgan fingerprint density at radius 1 is 0.333 bits per heavy atom. The SMILES string of the molecule is CCCCCC/C=C\CCCCCCCCCC(=O)OC[C@H](COC(=O)CCCCCCC/C=C\CCCCCC)OC(=O)CCCCCCCCCCCCC. The zero-order valence-electron chi connectivity index (χ0n) is 38.1. The van der Waals surface area contributed by atoms with Crippen molar-refractivity contribution in [1.29, 1.82) is 0 Å². The van der Waals surface area contributed by atoms with Crippen molar-refractivity contribution in [3.8, 4) is 0 Å². The summed E-state index contributed by atoms with van der Waals surface area (Å²) >= 11 is 0. The van der Waals surface area contributed by atoms with Crippen molar-refractivity contribution < 1.29 is 28.6 Å². The highest BCUT2D eigenvalue weighted by molar-refractivity contribution is 5.71. The molecule has 0 N–H and O–H groups in total. The summed E-state index contributed by atoms with van der Waals surface area (Å²) in [4.78, 5) is 37.8. The van der Waals surface area contributed by atoms with Crippen molar-refractivity contribution in [2.24, 2.45) is 0 Å². The Labute approximate surface area is 353 Å². The molecule has 0 aliphatic heterocycles. The number of hydrogen-bond acceptors (Lipinski definition) is 6. The largest absolute Gasteiger partial charge is 0.462 e. The second kappa shape index (κ2) is 46.6. The smallest absolute Gasteiger partial charge is 0.306 e. The molecule has 0 aromatic rings. The summed E-state index contributed by atoms with van der Waals surface area (Å²) in [6.07, 6.45) is 51.5. The highest BCUT2D eigenvalue weighted by atomic mass is 16.6. The third-order valence-electron chi connectivity index (χ3n) is 10.9. The fraction of sp³-hybridized carbons (Fsp3) is 0.863. The van der Waals surface area contributed by atoms with Gasteiger partial charge in [0.05, 0.1) is 0 Å². The summed E-state index contributed by atoms with van der Waals surface area (Å²) in [6, 6.07) is 0. The van der Waals surface area contributed by atoms with Crippen LogP contribution in [0.2, 0.25) is 0 Å². The van der Waals surface area contributed by atoms with Gasteiger partial charge in [0, 0.05) is 19.3 Å². The molecule has 1 atom stereocenters. The lowest BCUT2D eigenvalue weighted by atomic mass is 10.1. The van der Waals surface area contributed by atoms with Gasteiger partial charge in [0.2, 0.25) is 0 Å². The number of hydrogen-bond donors (Lipinski definition) is 0. The normalized spacial score (nSPS) is 12.1. The van der Waals surface area contributed by atoms with Crippen LogP contribution in [0.1, 0.15) is 265 Å². The minimum absolute atomic E-state index is 0.0729. The Morgan fingerprint density at radius 3 is 0.895 bits per heavy atom. The van der Waals surface area contributed by atoms with Crippen LogP contribution in [0.4, 0.5) is 0 Å². The van der Waals surface area contributed by atoms with Crippen LogP contribution in [0.3, 0.4) is 0 Å². The van der Waals surface area contributed by atoms with E-state index in [0.29, 0.717) is 19.3 Å². The number of esters is 3. The first-order valence-electron chi connectivity index (χ1n) is 24.8. The summed E-state index contributed by atoms with van der Waals surface area (Å²) in [5.74, 6) is -0.877. The Balaban J connectivity index is 4.34. The highest BCUT2D eigenvalue weighted by Crippen LogP contribution is 2.15. The van der Waals surface area contributed by atoms with E-state index in [4.69, 9.17) is 14.2 Å². The van der Waals surface area contributed by atoms with E-state index in [1.165, 1.54) is 161 Å². The molecule has 334 valence electrons. The molecule has 0 amide bonds. The van der Waals surface area contributed by atoms with Gasteiger partial charge in [0.15, 0.2) is 6.10 Å². The number of carbonyl (C=O) groups is 3. The quantitative estimate of drug-likeness (QED) is 0.0264. The maximum Gasteiger partial charge on any atom is 0.306 e. The van der Waals surface area contributed by atoms with Crippen LogP contribution in [0.25, 0.3) is 0 Å². The zero-order chi connectivity index (χ0) is 41.5. The molecule has 0 bridgehead atoms. The van der Waals surface area contributed by atoms with Crippen LogP contribution in [-0.4, -0.2) is 37.2 Å². The summed E-state index contributed by atoms with van der Waals surface area (Å²) in [5.41, 5.74) is 0. The number of ether oxygens (including phenoxy) is 3. The maximum absolute atomic E-state index is 12.7. The summed E-state index contributed by atoms with van der Waals surface area (Å²) in [6.45, 7) is 6.61. The second-order valence-corrected chi connectivity index (χ2v) is 16.7. The molecule has 0 rings (SSSR count). The van der Waals surface area contributed by atoms with Gasteiger partial charge in [-0.05, 0) is 70.6 Å². The van der Waals surface area contributed by atoms with Gasteiger partial charge in [-0.2, -0.15) is 0 Å². The van der Waals surface area contributed by atoms with Crippen LogP contribution >= 0.6 is 0 Å². The van der Waals surface area contributed by atoms with E-state index in [1.807, 2.05) is 0 Å². The van der Waals surface area contributed by atoms with Crippen LogP contribution < -0.4 is 0 Å². The number of allylic oxidation sites excluding steroid dienone is 4. The molecular weight excluding hydrogens is 709 g/mol. The van der Waals surface area contributed by atoms with Crippen molar-refractivity contribution in [2.75, 3.05) is 13.2 Å². The van der Waals surface area contributed by atoms with E-state index < -0.39 is 6.10 Å². The maximum atomic E-state index is 12.7. The van der Waals surface area contributed by atoms with Crippen LogP contribution in [0.5, 0.6) is 0 Å². The van der Waals surface area contributed by atoms with E-state index >= 15 is 0 Å². The molecule has 0 aliphatic rings. The zero-order valence-corrected chi connectivity index (χ0v) is 38.1. The van der Waals surface area contributed by atoms with Crippen molar-refractivity contribution in [2.45, 2.75) is 271 Å². The summed E-state index contributed by atoms with van der Waals surface area (Å²) < 4.78 is 16.8. The van der Waals surface area contributed by atoms with E-state index in [9.17, 15) is 14.4 Å². The first kappa shape index (κ1) is 54.9. The van der Waals surface area contributed by atoms with Gasteiger partial charge in [-0.25, -0.2) is 0 Å². The van der Waals surface area contributed by atoms with Crippen molar-refractivity contribution in [3.05, 3.63) is 24.3 Å². The molecule has 0 aromatic heterocycles. The molecule has 0 aliphatic carbocycles. The minimum Gasteiger partial charge on any atom is -0.462 e. The van der Waals surface area contributed by atoms with Crippen LogP contribution in [0.15, 0.2) is 24.3 Å². The third kappa shape index (κ3) is 44.8. The third-order valence-corrected chi connectivity index (χ3v) is 10.9. The molecule has 0 saturated heterocycles. The summed E-state index contributed by atoms with van der Waals surface area (Å²) in [5, 5.41) is 0. The molecule has 0 spiro atoms.